The molecule has 1 N–H and O–H groups in total. The third-order valence-electron chi connectivity index (χ3n) is 4.58. The molecule has 2 aromatic heterocycles. The first-order chi connectivity index (χ1) is 11.8. The van der Waals surface area contributed by atoms with Crippen LogP contribution in [-0.4, -0.2) is 27.5 Å². The minimum atomic E-state index is -0.289. The van der Waals surface area contributed by atoms with E-state index in [0.717, 1.165) is 24.1 Å². The van der Waals surface area contributed by atoms with Crippen LogP contribution in [0.5, 0.6) is 0 Å². The van der Waals surface area contributed by atoms with Gasteiger partial charge in [0.2, 0.25) is 0 Å². The lowest BCUT2D eigenvalue weighted by Crippen LogP contribution is -2.17. The van der Waals surface area contributed by atoms with E-state index in [2.05, 4.69) is 15.0 Å². The molecule has 1 aliphatic carbocycles. The lowest BCUT2D eigenvalue weighted by Gasteiger charge is -2.21. The van der Waals surface area contributed by atoms with Crippen LogP contribution < -0.4 is 0 Å². The van der Waals surface area contributed by atoms with Crippen molar-refractivity contribution in [3.8, 4) is 11.5 Å². The first kappa shape index (κ1) is 15.3. The number of thiazole rings is 1. The van der Waals surface area contributed by atoms with Crippen molar-refractivity contribution in [1.29, 1.82) is 0 Å². The molecule has 1 saturated carbocycles. The molecule has 6 heteroatoms. The number of aromatic nitrogens is 3. The van der Waals surface area contributed by atoms with Crippen LogP contribution in [0.3, 0.4) is 0 Å². The number of imidazole rings is 1. The van der Waals surface area contributed by atoms with Gasteiger partial charge in [0.05, 0.1) is 23.2 Å². The summed E-state index contributed by atoms with van der Waals surface area (Å²) >= 11 is 1.52. The summed E-state index contributed by atoms with van der Waals surface area (Å²) in [6.07, 6.45) is 6.11. The molecule has 0 aliphatic heterocycles. The van der Waals surface area contributed by atoms with Gasteiger partial charge in [-0.05, 0) is 30.9 Å². The van der Waals surface area contributed by atoms with Crippen LogP contribution in [0.25, 0.3) is 22.6 Å². The summed E-state index contributed by atoms with van der Waals surface area (Å²) in [7, 11) is 0. The zero-order valence-corrected chi connectivity index (χ0v) is 14.1. The zero-order chi connectivity index (χ0) is 16.4. The molecule has 0 atom stereocenters. The van der Waals surface area contributed by atoms with Crippen LogP contribution in [0.15, 0.2) is 29.1 Å². The standard InChI is InChI=1S/C18H19N3O2S/c22-18(23-9-12-5-2-1-3-6-12)13-7-4-8-14-16(13)21-17(20-14)15-10-24-11-19-15/h4,7-8,10-12H,1-3,5-6,9H2,(H,20,21). The number of H-pyrrole nitrogens is 1. The van der Waals surface area contributed by atoms with E-state index < -0.39 is 0 Å². The first-order valence-electron chi connectivity index (χ1n) is 8.35. The number of esters is 1. The van der Waals surface area contributed by atoms with Crippen molar-refractivity contribution in [1.82, 2.24) is 15.0 Å². The summed E-state index contributed by atoms with van der Waals surface area (Å²) < 4.78 is 5.57. The zero-order valence-electron chi connectivity index (χ0n) is 13.3. The molecule has 0 unspecified atom stereocenters. The Labute approximate surface area is 144 Å². The fourth-order valence-corrected chi connectivity index (χ4v) is 3.81. The Morgan fingerprint density at radius 2 is 2.17 bits per heavy atom. The number of aromatic amines is 1. The SMILES string of the molecule is O=C(OCC1CCCCC1)c1cccc2[nH]c(-c3cscn3)nc12. The summed E-state index contributed by atoms with van der Waals surface area (Å²) in [5.74, 6) is 0.896. The van der Waals surface area contributed by atoms with Crippen molar-refractivity contribution in [3.63, 3.8) is 0 Å². The molecule has 24 heavy (non-hydrogen) atoms. The predicted molar refractivity (Wildman–Crippen MR) is 94.1 cm³/mol. The van der Waals surface area contributed by atoms with Crippen molar-refractivity contribution in [3.05, 3.63) is 34.7 Å². The average molecular weight is 341 g/mol. The number of nitrogens with one attached hydrogen (secondary N) is 1. The van der Waals surface area contributed by atoms with Crippen LogP contribution in [0, 0.1) is 5.92 Å². The number of carbonyl (C=O) groups excluding carboxylic acids is 1. The van der Waals surface area contributed by atoms with Crippen molar-refractivity contribution in [2.45, 2.75) is 32.1 Å². The summed E-state index contributed by atoms with van der Waals surface area (Å²) in [6.45, 7) is 0.512. The molecule has 0 amide bonds. The highest BCUT2D eigenvalue weighted by atomic mass is 32.1. The van der Waals surface area contributed by atoms with E-state index in [9.17, 15) is 4.79 Å². The second-order valence-electron chi connectivity index (χ2n) is 6.26. The van der Waals surface area contributed by atoms with Gasteiger partial charge in [-0.25, -0.2) is 14.8 Å². The molecular weight excluding hydrogens is 322 g/mol. The van der Waals surface area contributed by atoms with Crippen molar-refractivity contribution < 1.29 is 9.53 Å². The molecule has 3 aromatic rings. The van der Waals surface area contributed by atoms with Gasteiger partial charge in [0.25, 0.3) is 0 Å². The molecule has 1 aromatic carbocycles. The minimum absolute atomic E-state index is 0.289. The van der Waals surface area contributed by atoms with Gasteiger partial charge in [-0.15, -0.1) is 11.3 Å². The van der Waals surface area contributed by atoms with E-state index in [1.54, 1.807) is 11.6 Å². The normalized spacial score (nSPS) is 15.7. The molecule has 1 fully saturated rings. The van der Waals surface area contributed by atoms with E-state index >= 15 is 0 Å². The highest BCUT2D eigenvalue weighted by molar-refractivity contribution is 7.07. The molecule has 0 saturated heterocycles. The number of para-hydroxylation sites is 1. The number of benzene rings is 1. The van der Waals surface area contributed by atoms with Gasteiger partial charge in [-0.1, -0.05) is 25.3 Å². The average Bonchev–Trinajstić information content (AvgIpc) is 3.29. The number of ether oxygens (including phenoxy) is 1. The number of hydrogen-bond acceptors (Lipinski definition) is 5. The molecule has 2 heterocycles. The fraction of sp³-hybridized carbons (Fsp3) is 0.389. The lowest BCUT2D eigenvalue weighted by molar-refractivity contribution is 0.0412. The van der Waals surface area contributed by atoms with E-state index in [4.69, 9.17) is 4.74 Å². The molecule has 5 nitrogen and oxygen atoms in total. The Kier molecular flexibility index (Phi) is 4.30. The number of rotatable bonds is 4. The van der Waals surface area contributed by atoms with Crippen molar-refractivity contribution >= 4 is 28.3 Å². The van der Waals surface area contributed by atoms with E-state index in [0.29, 0.717) is 29.4 Å². The van der Waals surface area contributed by atoms with Crippen molar-refractivity contribution in [2.24, 2.45) is 5.92 Å². The second-order valence-corrected chi connectivity index (χ2v) is 6.98. The number of fused-ring (bicyclic) bond motifs is 1. The Hall–Kier alpha value is -2.21. The van der Waals surface area contributed by atoms with Crippen LogP contribution in [0.2, 0.25) is 0 Å². The topological polar surface area (TPSA) is 67.9 Å². The third kappa shape index (κ3) is 3.06. The summed E-state index contributed by atoms with van der Waals surface area (Å²) in [6, 6.07) is 5.54. The van der Waals surface area contributed by atoms with E-state index in [-0.39, 0.29) is 5.97 Å². The molecule has 1 aliphatic rings. The molecule has 0 radical (unpaired) electrons. The minimum Gasteiger partial charge on any atom is -0.462 e. The Bertz CT molecular complexity index is 835. The maximum absolute atomic E-state index is 12.5. The number of hydrogen-bond donors (Lipinski definition) is 1. The maximum Gasteiger partial charge on any atom is 0.340 e. The van der Waals surface area contributed by atoms with Crippen LogP contribution in [0.1, 0.15) is 42.5 Å². The maximum atomic E-state index is 12.5. The highest BCUT2D eigenvalue weighted by Crippen LogP contribution is 2.26. The Morgan fingerprint density at radius 1 is 1.29 bits per heavy atom. The van der Waals surface area contributed by atoms with Gasteiger partial charge in [-0.2, -0.15) is 0 Å². The predicted octanol–water partition coefficient (Wildman–Crippen LogP) is 4.42. The van der Waals surface area contributed by atoms with Gasteiger partial charge in [-0.3, -0.25) is 0 Å². The van der Waals surface area contributed by atoms with Crippen LogP contribution in [-0.2, 0) is 4.74 Å². The van der Waals surface area contributed by atoms with E-state index in [1.165, 1.54) is 30.6 Å². The van der Waals surface area contributed by atoms with Crippen LogP contribution >= 0.6 is 11.3 Å². The highest BCUT2D eigenvalue weighted by Gasteiger charge is 2.19. The van der Waals surface area contributed by atoms with Gasteiger partial charge >= 0.3 is 5.97 Å². The number of carbonyl (C=O) groups is 1. The van der Waals surface area contributed by atoms with E-state index in [1.807, 2.05) is 17.5 Å². The quantitative estimate of drug-likeness (QED) is 0.713. The van der Waals surface area contributed by atoms with Gasteiger partial charge < -0.3 is 9.72 Å². The van der Waals surface area contributed by atoms with Crippen LogP contribution in [0.4, 0.5) is 0 Å². The van der Waals surface area contributed by atoms with Gasteiger partial charge in [0, 0.05) is 5.38 Å². The van der Waals surface area contributed by atoms with Crippen molar-refractivity contribution in [2.75, 3.05) is 6.61 Å². The molecule has 0 bridgehead atoms. The largest absolute Gasteiger partial charge is 0.462 e. The first-order valence-corrected chi connectivity index (χ1v) is 9.30. The lowest BCUT2D eigenvalue weighted by atomic mass is 9.90. The fourth-order valence-electron chi connectivity index (χ4n) is 3.27. The molecule has 124 valence electrons. The third-order valence-corrected chi connectivity index (χ3v) is 5.17. The summed E-state index contributed by atoms with van der Waals surface area (Å²) in [5, 5.41) is 1.93. The summed E-state index contributed by atoms with van der Waals surface area (Å²) in [4.78, 5) is 24.6. The monoisotopic (exact) mass is 341 g/mol. The Balaban J connectivity index is 1.55. The number of nitrogens with zero attached hydrogens (tertiary/aromatic N) is 2. The molecule has 4 rings (SSSR count). The van der Waals surface area contributed by atoms with Gasteiger partial charge in [0.1, 0.15) is 11.2 Å². The second kappa shape index (κ2) is 6.73. The Morgan fingerprint density at radius 3 is 2.96 bits per heavy atom. The molecule has 0 spiro atoms. The van der Waals surface area contributed by atoms with Gasteiger partial charge in [0.15, 0.2) is 5.82 Å². The molecular formula is C18H19N3O2S. The summed E-state index contributed by atoms with van der Waals surface area (Å²) in [5.41, 5.74) is 4.54. The smallest absolute Gasteiger partial charge is 0.340 e.